The van der Waals surface area contributed by atoms with E-state index in [9.17, 15) is 4.79 Å². The van der Waals surface area contributed by atoms with Gasteiger partial charge in [-0.25, -0.2) is 0 Å². The molecule has 2 N–H and O–H groups in total. The monoisotopic (exact) mass is 170 g/mol. The van der Waals surface area contributed by atoms with Gasteiger partial charge in [0.1, 0.15) is 0 Å². The third-order valence-electron chi connectivity index (χ3n) is 2.51. The topological polar surface area (TPSA) is 41.1 Å². The van der Waals surface area contributed by atoms with E-state index in [0.717, 1.165) is 19.5 Å². The van der Waals surface area contributed by atoms with Crippen molar-refractivity contribution in [2.75, 3.05) is 13.1 Å². The number of piperidine rings is 1. The third-order valence-corrected chi connectivity index (χ3v) is 2.51. The summed E-state index contributed by atoms with van der Waals surface area (Å²) in [7, 11) is 0. The van der Waals surface area contributed by atoms with Crippen molar-refractivity contribution in [2.45, 2.75) is 33.2 Å². The van der Waals surface area contributed by atoms with Crippen LogP contribution in [-0.2, 0) is 4.79 Å². The van der Waals surface area contributed by atoms with Crippen LogP contribution in [0.1, 0.15) is 27.2 Å². The van der Waals surface area contributed by atoms with Gasteiger partial charge in [0.05, 0.1) is 0 Å². The maximum Gasteiger partial charge on any atom is 0.217 e. The molecule has 1 saturated heterocycles. The van der Waals surface area contributed by atoms with Gasteiger partial charge in [-0.05, 0) is 18.4 Å². The molecular formula is C9H18N2O. The first-order valence-electron chi connectivity index (χ1n) is 4.50. The quantitative estimate of drug-likeness (QED) is 0.602. The van der Waals surface area contributed by atoms with Crippen LogP contribution in [0.2, 0.25) is 0 Å². The second-order valence-electron chi connectivity index (χ2n) is 4.21. The molecule has 0 unspecified atom stereocenters. The highest BCUT2D eigenvalue weighted by atomic mass is 16.1. The van der Waals surface area contributed by atoms with Crippen molar-refractivity contribution in [1.29, 1.82) is 0 Å². The predicted molar refractivity (Wildman–Crippen MR) is 48.9 cm³/mol. The lowest BCUT2D eigenvalue weighted by molar-refractivity contribution is -0.120. The van der Waals surface area contributed by atoms with E-state index in [1.807, 2.05) is 0 Å². The minimum Gasteiger partial charge on any atom is -0.353 e. The van der Waals surface area contributed by atoms with Gasteiger partial charge >= 0.3 is 0 Å². The van der Waals surface area contributed by atoms with Crippen LogP contribution in [-0.4, -0.2) is 25.0 Å². The second-order valence-corrected chi connectivity index (χ2v) is 4.21. The van der Waals surface area contributed by atoms with E-state index in [1.54, 1.807) is 6.92 Å². The Bertz CT molecular complexity index is 177. The lowest BCUT2D eigenvalue weighted by Gasteiger charge is -2.39. The Morgan fingerprint density at radius 1 is 1.58 bits per heavy atom. The van der Waals surface area contributed by atoms with Crippen LogP contribution >= 0.6 is 0 Å². The van der Waals surface area contributed by atoms with Crippen molar-refractivity contribution < 1.29 is 4.79 Å². The van der Waals surface area contributed by atoms with Crippen molar-refractivity contribution in [3.05, 3.63) is 0 Å². The highest BCUT2D eigenvalue weighted by Gasteiger charge is 2.32. The maximum atomic E-state index is 10.9. The van der Waals surface area contributed by atoms with E-state index in [2.05, 4.69) is 24.5 Å². The lowest BCUT2D eigenvalue weighted by atomic mass is 9.80. The molecule has 3 heteroatoms. The molecular weight excluding hydrogens is 152 g/mol. The Morgan fingerprint density at radius 3 is 2.75 bits per heavy atom. The average molecular weight is 170 g/mol. The number of rotatable bonds is 1. The van der Waals surface area contributed by atoms with Crippen LogP contribution in [0.15, 0.2) is 0 Å². The summed E-state index contributed by atoms with van der Waals surface area (Å²) in [6.07, 6.45) is 1.03. The number of amides is 1. The molecule has 1 rings (SSSR count). The molecule has 1 fully saturated rings. The summed E-state index contributed by atoms with van der Waals surface area (Å²) in [5.41, 5.74) is 0.184. The Kier molecular flexibility index (Phi) is 2.73. The molecule has 70 valence electrons. The minimum atomic E-state index is 0.0787. The second kappa shape index (κ2) is 3.44. The van der Waals surface area contributed by atoms with Gasteiger partial charge in [-0.3, -0.25) is 4.79 Å². The summed E-state index contributed by atoms with van der Waals surface area (Å²) >= 11 is 0. The number of nitrogens with one attached hydrogen (secondary N) is 2. The van der Waals surface area contributed by atoms with Crippen molar-refractivity contribution in [3.8, 4) is 0 Å². The minimum absolute atomic E-state index is 0.0787. The van der Waals surface area contributed by atoms with E-state index in [4.69, 9.17) is 0 Å². The summed E-state index contributed by atoms with van der Waals surface area (Å²) in [6, 6.07) is 0.330. The first-order chi connectivity index (χ1) is 5.52. The molecule has 0 aromatic carbocycles. The van der Waals surface area contributed by atoms with Crippen LogP contribution in [0.4, 0.5) is 0 Å². The number of hydrogen-bond acceptors (Lipinski definition) is 2. The Morgan fingerprint density at radius 2 is 2.25 bits per heavy atom. The first-order valence-corrected chi connectivity index (χ1v) is 4.50. The molecule has 0 spiro atoms. The molecule has 1 heterocycles. The Balaban J connectivity index is 2.54. The standard InChI is InChI=1S/C9H18N2O/c1-7(12)11-8-4-5-10-6-9(8,2)3/h8,10H,4-6H2,1-3H3,(H,11,12)/t8-/m0/s1. The van der Waals surface area contributed by atoms with Gasteiger partial charge in [0.2, 0.25) is 5.91 Å². The molecule has 0 radical (unpaired) electrons. The number of carbonyl (C=O) groups is 1. The zero-order valence-electron chi connectivity index (χ0n) is 8.11. The van der Waals surface area contributed by atoms with Crippen LogP contribution in [0.5, 0.6) is 0 Å². The molecule has 0 aliphatic carbocycles. The Labute approximate surface area is 73.9 Å². The molecule has 1 amide bonds. The van der Waals surface area contributed by atoms with Gasteiger partial charge in [-0.2, -0.15) is 0 Å². The lowest BCUT2D eigenvalue weighted by Crippen LogP contribution is -2.53. The average Bonchev–Trinajstić information content (AvgIpc) is 1.92. The molecule has 0 bridgehead atoms. The molecule has 0 aromatic rings. The molecule has 1 aliphatic heterocycles. The highest BCUT2D eigenvalue weighted by molar-refractivity contribution is 5.73. The van der Waals surface area contributed by atoms with E-state index in [1.165, 1.54) is 0 Å². The van der Waals surface area contributed by atoms with Crippen molar-refractivity contribution in [2.24, 2.45) is 5.41 Å². The van der Waals surface area contributed by atoms with Crippen molar-refractivity contribution in [1.82, 2.24) is 10.6 Å². The predicted octanol–water partition coefficient (Wildman–Crippen LogP) is 0.511. The van der Waals surface area contributed by atoms with Gasteiger partial charge in [0, 0.05) is 19.5 Å². The van der Waals surface area contributed by atoms with Crippen LogP contribution < -0.4 is 10.6 Å². The van der Waals surface area contributed by atoms with E-state index in [0.29, 0.717) is 6.04 Å². The van der Waals surface area contributed by atoms with Crippen molar-refractivity contribution in [3.63, 3.8) is 0 Å². The molecule has 0 saturated carbocycles. The molecule has 12 heavy (non-hydrogen) atoms. The fourth-order valence-corrected chi connectivity index (χ4v) is 1.68. The van der Waals surface area contributed by atoms with E-state index < -0.39 is 0 Å². The maximum absolute atomic E-state index is 10.9. The highest BCUT2D eigenvalue weighted by Crippen LogP contribution is 2.24. The number of carbonyl (C=O) groups excluding carboxylic acids is 1. The fourth-order valence-electron chi connectivity index (χ4n) is 1.68. The first kappa shape index (κ1) is 9.52. The largest absolute Gasteiger partial charge is 0.353 e. The SMILES string of the molecule is CC(=O)N[C@H]1CCNCC1(C)C. The summed E-state index contributed by atoms with van der Waals surface area (Å²) in [4.78, 5) is 10.9. The molecule has 3 nitrogen and oxygen atoms in total. The van der Waals surface area contributed by atoms with Crippen molar-refractivity contribution >= 4 is 5.91 Å². The van der Waals surface area contributed by atoms with Gasteiger partial charge in [0.15, 0.2) is 0 Å². The zero-order valence-corrected chi connectivity index (χ0v) is 8.11. The summed E-state index contributed by atoms with van der Waals surface area (Å²) in [5.74, 6) is 0.0787. The fraction of sp³-hybridized carbons (Fsp3) is 0.889. The summed E-state index contributed by atoms with van der Waals surface area (Å²) < 4.78 is 0. The Hall–Kier alpha value is -0.570. The molecule has 0 aromatic heterocycles. The van der Waals surface area contributed by atoms with E-state index >= 15 is 0 Å². The number of hydrogen-bond donors (Lipinski definition) is 2. The van der Waals surface area contributed by atoms with Gasteiger partial charge in [-0.1, -0.05) is 13.8 Å². The third kappa shape index (κ3) is 2.21. The van der Waals surface area contributed by atoms with E-state index in [-0.39, 0.29) is 11.3 Å². The molecule has 1 aliphatic rings. The van der Waals surface area contributed by atoms with Gasteiger partial charge in [-0.15, -0.1) is 0 Å². The summed E-state index contributed by atoms with van der Waals surface area (Å²) in [5, 5.41) is 6.32. The summed E-state index contributed by atoms with van der Waals surface area (Å²) in [6.45, 7) is 7.93. The van der Waals surface area contributed by atoms with Crippen LogP contribution in [0.25, 0.3) is 0 Å². The van der Waals surface area contributed by atoms with Crippen LogP contribution in [0, 0.1) is 5.41 Å². The van der Waals surface area contributed by atoms with Gasteiger partial charge in [0.25, 0.3) is 0 Å². The normalized spacial score (nSPS) is 28.1. The van der Waals surface area contributed by atoms with Crippen LogP contribution in [0.3, 0.4) is 0 Å². The smallest absolute Gasteiger partial charge is 0.217 e. The molecule has 1 atom stereocenters. The zero-order chi connectivity index (χ0) is 9.19. The van der Waals surface area contributed by atoms with Gasteiger partial charge < -0.3 is 10.6 Å².